The van der Waals surface area contributed by atoms with Crippen molar-refractivity contribution in [1.29, 1.82) is 0 Å². The summed E-state index contributed by atoms with van der Waals surface area (Å²) in [5, 5.41) is 18.5. The minimum Gasteiger partial charge on any atom is -0.488 e. The van der Waals surface area contributed by atoms with Crippen molar-refractivity contribution in [2.24, 2.45) is 11.1 Å². The normalized spacial score (nSPS) is 14.6. The topological polar surface area (TPSA) is 111 Å². The lowest BCUT2D eigenvalue weighted by Crippen LogP contribution is -2.41. The van der Waals surface area contributed by atoms with E-state index in [1.54, 1.807) is 31.2 Å². The number of methoxy groups -OCH3 is 1. The monoisotopic (exact) mass is 369 g/mol. The molecule has 0 aliphatic rings. The molecule has 0 amide bonds. The molecule has 1 aromatic carbocycles. The summed E-state index contributed by atoms with van der Waals surface area (Å²) in [6.07, 6.45) is -0.694. The van der Waals surface area contributed by atoms with Crippen LogP contribution in [0.2, 0.25) is 0 Å². The second kappa shape index (κ2) is 9.32. The van der Waals surface area contributed by atoms with Crippen molar-refractivity contribution >= 4 is 5.97 Å². The van der Waals surface area contributed by atoms with Gasteiger partial charge in [-0.2, -0.15) is 0 Å². The molecule has 1 rings (SSSR count). The molecule has 4 N–H and O–H groups in total. The van der Waals surface area contributed by atoms with E-state index < -0.39 is 23.5 Å². The van der Waals surface area contributed by atoms with E-state index in [0.29, 0.717) is 11.3 Å². The molecule has 0 aromatic heterocycles. The zero-order valence-electron chi connectivity index (χ0n) is 16.2. The molecule has 0 aliphatic carbocycles. The summed E-state index contributed by atoms with van der Waals surface area (Å²) in [6.45, 7) is 6.71. The molecule has 1 aromatic rings. The predicted molar refractivity (Wildman–Crippen MR) is 97.8 cm³/mol. The second-order valence-corrected chi connectivity index (χ2v) is 7.70. The van der Waals surface area contributed by atoms with E-state index in [2.05, 4.69) is 0 Å². The van der Waals surface area contributed by atoms with Gasteiger partial charge in [-0.3, -0.25) is 4.79 Å². The Morgan fingerprint density at radius 2 is 1.65 bits per heavy atom. The number of ether oxygens (including phenoxy) is 3. The molecule has 0 bridgehead atoms. The van der Waals surface area contributed by atoms with Crippen molar-refractivity contribution in [3.05, 3.63) is 29.8 Å². The van der Waals surface area contributed by atoms with E-state index in [4.69, 9.17) is 19.9 Å². The molecule has 7 nitrogen and oxygen atoms in total. The highest BCUT2D eigenvalue weighted by Gasteiger charge is 2.31. The van der Waals surface area contributed by atoms with Gasteiger partial charge < -0.3 is 30.2 Å². The molecule has 26 heavy (non-hydrogen) atoms. The summed E-state index contributed by atoms with van der Waals surface area (Å²) >= 11 is 0. The fourth-order valence-electron chi connectivity index (χ4n) is 2.18. The Morgan fingerprint density at radius 3 is 2.08 bits per heavy atom. The first-order chi connectivity index (χ1) is 12.0. The highest BCUT2D eigenvalue weighted by atomic mass is 16.5. The first-order valence-corrected chi connectivity index (χ1v) is 8.51. The van der Waals surface area contributed by atoms with Crippen LogP contribution in [0.5, 0.6) is 5.75 Å². The molecule has 0 spiro atoms. The van der Waals surface area contributed by atoms with Crippen molar-refractivity contribution in [2.75, 3.05) is 26.9 Å². The molecule has 0 aliphatic heterocycles. The third-order valence-electron chi connectivity index (χ3n) is 3.81. The Labute approximate surface area is 155 Å². The van der Waals surface area contributed by atoms with Gasteiger partial charge in [-0.1, -0.05) is 19.1 Å². The number of nitrogens with two attached hydrogens (primary N) is 1. The lowest BCUT2D eigenvalue weighted by Gasteiger charge is -2.27. The molecule has 0 saturated carbocycles. The molecule has 0 unspecified atom stereocenters. The summed E-state index contributed by atoms with van der Waals surface area (Å²) in [4.78, 5) is 12.2. The van der Waals surface area contributed by atoms with Crippen LogP contribution in [0, 0.1) is 5.41 Å². The first kappa shape index (κ1) is 22.4. The van der Waals surface area contributed by atoms with E-state index in [1.165, 1.54) is 7.11 Å². The highest BCUT2D eigenvalue weighted by molar-refractivity contribution is 5.76. The first-order valence-electron chi connectivity index (χ1n) is 8.51. The average molecular weight is 369 g/mol. The van der Waals surface area contributed by atoms with Crippen LogP contribution in [0.4, 0.5) is 0 Å². The van der Waals surface area contributed by atoms with Gasteiger partial charge in [0.1, 0.15) is 30.1 Å². The van der Waals surface area contributed by atoms with E-state index in [-0.39, 0.29) is 25.4 Å². The Kier molecular flexibility index (Phi) is 8.02. The summed E-state index contributed by atoms with van der Waals surface area (Å²) < 4.78 is 16.3. The summed E-state index contributed by atoms with van der Waals surface area (Å²) in [7, 11) is 1.46. The van der Waals surface area contributed by atoms with Crippen LogP contribution in [0.1, 0.15) is 39.4 Å². The maximum Gasteiger partial charge on any atom is 0.326 e. The molecular weight excluding hydrogens is 338 g/mol. The number of carbonyl (C=O) groups is 1. The lowest BCUT2D eigenvalue weighted by molar-refractivity contribution is -0.154. The number of benzene rings is 1. The molecule has 148 valence electrons. The number of aliphatic hydroxyl groups is 2. The minimum atomic E-state index is -1.05. The maximum atomic E-state index is 12.2. The number of carbonyl (C=O) groups excluding carboxylic acids is 1. The van der Waals surface area contributed by atoms with Crippen molar-refractivity contribution in [1.82, 2.24) is 0 Å². The van der Waals surface area contributed by atoms with E-state index in [1.807, 2.05) is 20.8 Å². The van der Waals surface area contributed by atoms with Gasteiger partial charge in [-0.05, 0) is 38.5 Å². The fourth-order valence-corrected chi connectivity index (χ4v) is 2.18. The Morgan fingerprint density at radius 1 is 1.12 bits per heavy atom. The Balaban J connectivity index is 2.79. The highest BCUT2D eigenvalue weighted by Crippen LogP contribution is 2.25. The summed E-state index contributed by atoms with van der Waals surface area (Å²) in [5.41, 5.74) is 5.49. The summed E-state index contributed by atoms with van der Waals surface area (Å²) in [6, 6.07) is 6.11. The summed E-state index contributed by atoms with van der Waals surface area (Å²) in [5.74, 6) is 0.0360. The SMILES string of the molecule is CO[C@@H](c1ccc(OC(C)(C)C)cc1)[C@H](N)C(=O)OCC(C)(CO)CO. The number of hydrogen-bond acceptors (Lipinski definition) is 7. The second-order valence-electron chi connectivity index (χ2n) is 7.70. The van der Waals surface area contributed by atoms with Crippen LogP contribution in [0.3, 0.4) is 0 Å². The predicted octanol–water partition coefficient (Wildman–Crippen LogP) is 1.41. The lowest BCUT2D eigenvalue weighted by atomic mass is 9.94. The quantitative estimate of drug-likeness (QED) is 0.564. The fraction of sp³-hybridized carbons (Fsp3) is 0.632. The average Bonchev–Trinajstić information content (AvgIpc) is 2.60. The molecular formula is C19H31NO6. The number of esters is 1. The van der Waals surface area contributed by atoms with Crippen LogP contribution in [-0.2, 0) is 14.3 Å². The molecule has 0 radical (unpaired) electrons. The Hall–Kier alpha value is -1.67. The van der Waals surface area contributed by atoms with Crippen molar-refractivity contribution < 1.29 is 29.2 Å². The Bertz CT molecular complexity index is 562. The van der Waals surface area contributed by atoms with Gasteiger partial charge in [-0.25, -0.2) is 0 Å². The number of rotatable bonds is 9. The van der Waals surface area contributed by atoms with E-state index >= 15 is 0 Å². The minimum absolute atomic E-state index is 0.138. The smallest absolute Gasteiger partial charge is 0.326 e. The van der Waals surface area contributed by atoms with Gasteiger partial charge in [0.15, 0.2) is 0 Å². The third-order valence-corrected chi connectivity index (χ3v) is 3.81. The largest absolute Gasteiger partial charge is 0.488 e. The van der Waals surface area contributed by atoms with Crippen LogP contribution in [0.25, 0.3) is 0 Å². The van der Waals surface area contributed by atoms with Gasteiger partial charge >= 0.3 is 5.97 Å². The van der Waals surface area contributed by atoms with Crippen molar-refractivity contribution in [2.45, 2.75) is 45.4 Å². The number of hydrogen-bond donors (Lipinski definition) is 3. The van der Waals surface area contributed by atoms with Gasteiger partial charge in [-0.15, -0.1) is 0 Å². The van der Waals surface area contributed by atoms with Gasteiger partial charge in [0.2, 0.25) is 0 Å². The van der Waals surface area contributed by atoms with Crippen LogP contribution >= 0.6 is 0 Å². The maximum absolute atomic E-state index is 12.2. The molecule has 0 heterocycles. The van der Waals surface area contributed by atoms with Gasteiger partial charge in [0.05, 0.1) is 13.2 Å². The van der Waals surface area contributed by atoms with Crippen LogP contribution in [-0.4, -0.2) is 54.8 Å². The zero-order chi connectivity index (χ0) is 20.0. The van der Waals surface area contributed by atoms with Gasteiger partial charge in [0.25, 0.3) is 0 Å². The zero-order valence-corrected chi connectivity index (χ0v) is 16.2. The standard InChI is InChI=1S/C19H31NO6/c1-18(2,3)26-14-8-6-13(7-9-14)16(24-5)15(20)17(23)25-12-19(4,10-21)11-22/h6-9,15-16,21-22H,10-12,20H2,1-5H3/t15-,16-/m0/s1. The van der Waals surface area contributed by atoms with Crippen LogP contribution < -0.4 is 10.5 Å². The van der Waals surface area contributed by atoms with Crippen LogP contribution in [0.15, 0.2) is 24.3 Å². The van der Waals surface area contributed by atoms with Crippen molar-refractivity contribution in [3.8, 4) is 5.75 Å². The molecule has 0 fully saturated rings. The van der Waals surface area contributed by atoms with Gasteiger partial charge in [0, 0.05) is 12.5 Å². The van der Waals surface area contributed by atoms with E-state index in [0.717, 1.165) is 0 Å². The molecule has 2 atom stereocenters. The van der Waals surface area contributed by atoms with Crippen molar-refractivity contribution in [3.63, 3.8) is 0 Å². The third kappa shape index (κ3) is 6.57. The molecule has 0 saturated heterocycles. The van der Waals surface area contributed by atoms with E-state index in [9.17, 15) is 15.0 Å². The number of aliphatic hydroxyl groups excluding tert-OH is 2. The molecule has 7 heteroatoms.